The van der Waals surface area contributed by atoms with Crippen molar-refractivity contribution in [2.75, 3.05) is 0 Å². The molecule has 5 aromatic carbocycles. The standard InChI is InChI=1S/C40H33BN6O/c41-38-42-39(26-12-13-27-39)37(48)46(38)28-29-22-24-30(25-23-29)34-20-10-11-21-35(34)36-43-44-45-47(36)40(31-14-4-1-5-15-31,32-16-6-2-7-17-32)33-18-8-3-9-19-33/h1-11,14-25H,12-13,26-28H2. The Morgan fingerprint density at radius 1 is 0.667 bits per heavy atom. The Kier molecular flexibility index (Phi) is 7.56. The van der Waals surface area contributed by atoms with Crippen molar-refractivity contribution in [1.82, 2.24) is 25.1 Å². The summed E-state index contributed by atoms with van der Waals surface area (Å²) in [6, 6.07) is 47.7. The number of aromatic nitrogens is 4. The summed E-state index contributed by atoms with van der Waals surface area (Å²) in [5, 5.41) is 13.7. The predicted molar refractivity (Wildman–Crippen MR) is 188 cm³/mol. The van der Waals surface area contributed by atoms with Gasteiger partial charge in [-0.1, -0.05) is 152 Å². The molecule has 7 nitrogen and oxygen atoms in total. The van der Waals surface area contributed by atoms with Gasteiger partial charge in [0, 0.05) is 11.3 Å². The van der Waals surface area contributed by atoms with Crippen LogP contribution in [0.3, 0.4) is 0 Å². The molecule has 0 bridgehead atoms. The van der Waals surface area contributed by atoms with E-state index in [0.29, 0.717) is 18.1 Å². The quantitative estimate of drug-likeness (QED) is 0.135. The normalized spacial score (nSPS) is 15.6. The molecule has 2 radical (unpaired) electrons. The first kappa shape index (κ1) is 29.8. The van der Waals surface area contributed by atoms with E-state index < -0.39 is 11.1 Å². The number of rotatable bonds is 8. The monoisotopic (exact) mass is 624 g/mol. The summed E-state index contributed by atoms with van der Waals surface area (Å²) in [6.45, 7) is 0.393. The van der Waals surface area contributed by atoms with Crippen LogP contribution in [0, 0.1) is 0 Å². The zero-order valence-corrected chi connectivity index (χ0v) is 26.5. The number of tetrazole rings is 1. The van der Waals surface area contributed by atoms with Gasteiger partial charge in [0.2, 0.25) is 0 Å². The molecule has 1 saturated carbocycles. The molecule has 48 heavy (non-hydrogen) atoms. The van der Waals surface area contributed by atoms with Gasteiger partial charge in [0.15, 0.2) is 13.7 Å². The highest BCUT2D eigenvalue weighted by Crippen LogP contribution is 2.43. The topological polar surface area (TPSA) is 76.3 Å². The third-order valence-electron chi connectivity index (χ3n) is 9.81. The van der Waals surface area contributed by atoms with E-state index in [1.54, 1.807) is 4.90 Å². The lowest BCUT2D eigenvalue weighted by atomic mass is 9.77. The molecule has 6 aromatic rings. The number of amidine groups is 1. The molecule has 2 heterocycles. The number of carbonyl (C=O) groups excluding carboxylic acids is 1. The Morgan fingerprint density at radius 3 is 1.75 bits per heavy atom. The van der Waals surface area contributed by atoms with Crippen LogP contribution in [0.15, 0.2) is 145 Å². The van der Waals surface area contributed by atoms with Crippen molar-refractivity contribution in [3.8, 4) is 22.5 Å². The van der Waals surface area contributed by atoms with Gasteiger partial charge in [-0.2, -0.15) is 0 Å². The fourth-order valence-corrected chi connectivity index (χ4v) is 7.51. The van der Waals surface area contributed by atoms with Gasteiger partial charge in [0.1, 0.15) is 11.1 Å². The minimum absolute atomic E-state index is 0.0255. The van der Waals surface area contributed by atoms with E-state index in [2.05, 4.69) is 124 Å². The lowest BCUT2D eigenvalue weighted by Gasteiger charge is -2.36. The number of hydrogen-bond donors (Lipinski definition) is 0. The molecule has 8 rings (SSSR count). The Labute approximate surface area is 281 Å². The van der Waals surface area contributed by atoms with Gasteiger partial charge in [-0.25, -0.2) is 4.68 Å². The lowest BCUT2D eigenvalue weighted by Crippen LogP contribution is -2.40. The summed E-state index contributed by atoms with van der Waals surface area (Å²) in [4.78, 5) is 19.6. The van der Waals surface area contributed by atoms with Gasteiger partial charge in [0.05, 0.1) is 6.54 Å². The Hall–Kier alpha value is -5.63. The molecule has 1 spiro atoms. The largest absolute Gasteiger partial charge is 0.304 e. The molecule has 8 heteroatoms. The van der Waals surface area contributed by atoms with E-state index in [1.165, 1.54) is 0 Å². The number of hydrogen-bond acceptors (Lipinski definition) is 5. The first-order valence-electron chi connectivity index (χ1n) is 16.4. The van der Waals surface area contributed by atoms with Crippen molar-refractivity contribution in [2.45, 2.75) is 43.3 Å². The van der Waals surface area contributed by atoms with Gasteiger partial charge in [-0.05, 0) is 56.6 Å². The molecule has 1 aliphatic carbocycles. The average Bonchev–Trinajstić information content (AvgIpc) is 3.88. The molecule has 1 amide bonds. The fraction of sp³-hybridized carbons (Fsp3) is 0.175. The van der Waals surface area contributed by atoms with E-state index in [4.69, 9.17) is 13.1 Å². The molecule has 232 valence electrons. The number of amides is 1. The maximum atomic E-state index is 13.3. The molecular weight excluding hydrogens is 591 g/mol. The van der Waals surface area contributed by atoms with Crippen LogP contribution in [-0.4, -0.2) is 50.1 Å². The van der Waals surface area contributed by atoms with Gasteiger partial charge in [-0.15, -0.1) is 5.10 Å². The second kappa shape index (κ2) is 12.2. The third-order valence-corrected chi connectivity index (χ3v) is 9.81. The molecule has 0 N–H and O–H groups in total. The summed E-state index contributed by atoms with van der Waals surface area (Å²) >= 11 is 0. The summed E-state index contributed by atoms with van der Waals surface area (Å²) in [5.74, 6) is 0.664. The van der Waals surface area contributed by atoms with Crippen LogP contribution in [-0.2, 0) is 16.9 Å². The number of nitrogens with zero attached hydrogens (tertiary/aromatic N) is 6. The van der Waals surface area contributed by atoms with Gasteiger partial charge < -0.3 is 4.90 Å². The summed E-state index contributed by atoms with van der Waals surface area (Å²) in [7, 11) is 6.28. The summed E-state index contributed by atoms with van der Waals surface area (Å²) in [5.41, 5.74) is 5.81. The Balaban J connectivity index is 1.21. The smallest absolute Gasteiger partial charge is 0.255 e. The van der Waals surface area contributed by atoms with Crippen molar-refractivity contribution in [3.63, 3.8) is 0 Å². The van der Waals surface area contributed by atoms with Crippen LogP contribution in [0.4, 0.5) is 0 Å². The lowest BCUT2D eigenvalue weighted by molar-refractivity contribution is -0.131. The highest BCUT2D eigenvalue weighted by Gasteiger charge is 2.48. The van der Waals surface area contributed by atoms with Crippen LogP contribution < -0.4 is 0 Å². The minimum Gasteiger partial charge on any atom is -0.304 e. The zero-order chi connectivity index (χ0) is 32.6. The molecule has 0 saturated heterocycles. The van der Waals surface area contributed by atoms with Crippen molar-refractivity contribution in [2.24, 2.45) is 4.99 Å². The van der Waals surface area contributed by atoms with Gasteiger partial charge in [0.25, 0.3) is 5.91 Å². The maximum Gasteiger partial charge on any atom is 0.255 e. The molecule has 0 unspecified atom stereocenters. The number of benzene rings is 5. The molecule has 1 fully saturated rings. The third kappa shape index (κ3) is 4.87. The van der Waals surface area contributed by atoms with Crippen LogP contribution in [0.5, 0.6) is 0 Å². The van der Waals surface area contributed by atoms with E-state index in [-0.39, 0.29) is 5.91 Å². The van der Waals surface area contributed by atoms with Crippen molar-refractivity contribution < 1.29 is 4.79 Å². The zero-order valence-electron chi connectivity index (χ0n) is 26.5. The highest BCUT2D eigenvalue weighted by atomic mass is 16.2. The van der Waals surface area contributed by atoms with Crippen molar-refractivity contribution in [1.29, 1.82) is 0 Å². The summed E-state index contributed by atoms with van der Waals surface area (Å²) < 4.78 is 1.96. The van der Waals surface area contributed by atoms with Crippen LogP contribution >= 0.6 is 0 Å². The molecule has 0 atom stereocenters. The highest BCUT2D eigenvalue weighted by molar-refractivity contribution is 6.61. The minimum atomic E-state index is -0.861. The molecule has 2 aliphatic rings. The molecular formula is C40H33BN6O. The van der Waals surface area contributed by atoms with Gasteiger partial charge in [-0.3, -0.25) is 9.79 Å². The second-order valence-corrected chi connectivity index (χ2v) is 12.6. The van der Waals surface area contributed by atoms with E-state index >= 15 is 0 Å². The molecule has 1 aliphatic heterocycles. The van der Waals surface area contributed by atoms with Gasteiger partial charge >= 0.3 is 0 Å². The summed E-state index contributed by atoms with van der Waals surface area (Å²) in [6.07, 6.45) is 3.57. The van der Waals surface area contributed by atoms with Crippen molar-refractivity contribution in [3.05, 3.63) is 162 Å². The van der Waals surface area contributed by atoms with E-state index in [9.17, 15) is 4.79 Å². The molecule has 1 aromatic heterocycles. The van der Waals surface area contributed by atoms with Crippen molar-refractivity contribution >= 4 is 19.5 Å². The SMILES string of the molecule is [B]C1=NC2(CCCC2)C(=O)N1Cc1ccc(-c2ccccc2-c2nnnn2C(c2ccccc2)(c2ccccc2)c2ccccc2)cc1. The number of aliphatic imine (C=N–C) groups is 1. The first-order chi connectivity index (χ1) is 23.6. The fourth-order valence-electron chi connectivity index (χ4n) is 7.51. The van der Waals surface area contributed by atoms with Crippen LogP contribution in [0.2, 0.25) is 0 Å². The van der Waals surface area contributed by atoms with Crippen LogP contribution in [0.1, 0.15) is 47.9 Å². The Morgan fingerprint density at radius 2 is 1.19 bits per heavy atom. The van der Waals surface area contributed by atoms with E-state index in [1.807, 2.05) is 35.0 Å². The van der Waals surface area contributed by atoms with E-state index in [0.717, 1.165) is 64.6 Å². The maximum absolute atomic E-state index is 13.3. The number of carbonyl (C=O) groups is 1. The van der Waals surface area contributed by atoms with Crippen LogP contribution in [0.25, 0.3) is 22.5 Å². The second-order valence-electron chi connectivity index (χ2n) is 12.6. The first-order valence-corrected chi connectivity index (χ1v) is 16.4. The average molecular weight is 625 g/mol. The Bertz CT molecular complexity index is 1990. The predicted octanol–water partition coefficient (Wildman–Crippen LogP) is 7.03.